The summed E-state index contributed by atoms with van der Waals surface area (Å²) in [6.07, 6.45) is -1.22. The van der Waals surface area contributed by atoms with Crippen LogP contribution in [0.3, 0.4) is 0 Å². The normalized spacial score (nSPS) is 12.8. The van der Waals surface area contributed by atoms with Gasteiger partial charge in [-0.1, -0.05) is 60.2 Å². The molecule has 0 aliphatic rings. The number of hydrogen-bond acceptors (Lipinski definition) is 3. The second-order valence-electron chi connectivity index (χ2n) is 4.85. The van der Waals surface area contributed by atoms with Gasteiger partial charge >= 0.3 is 0 Å². The van der Waals surface area contributed by atoms with Crippen LogP contribution in [-0.2, 0) is 4.79 Å². The molecule has 4 heteroatoms. The molecule has 2 N–H and O–H groups in total. The maximum atomic E-state index is 11.9. The van der Waals surface area contributed by atoms with E-state index in [4.69, 9.17) is 0 Å². The van der Waals surface area contributed by atoms with Crippen LogP contribution >= 0.6 is 0 Å². The number of benzene rings is 2. The summed E-state index contributed by atoms with van der Waals surface area (Å²) in [5, 5.41) is 14.0. The molecule has 0 saturated heterocycles. The third-order valence-corrected chi connectivity index (χ3v) is 3.17. The minimum absolute atomic E-state index is 0.540. The fourth-order valence-corrected chi connectivity index (χ4v) is 1.85. The number of rotatable bonds is 4. The molecule has 0 bridgehead atoms. The van der Waals surface area contributed by atoms with Gasteiger partial charge in [-0.2, -0.15) is 5.10 Å². The quantitative estimate of drug-likeness (QED) is 0.669. The van der Waals surface area contributed by atoms with Crippen molar-refractivity contribution < 1.29 is 9.90 Å². The van der Waals surface area contributed by atoms with Gasteiger partial charge < -0.3 is 5.11 Å². The predicted octanol–water partition coefficient (Wildman–Crippen LogP) is 2.57. The first-order valence-electron chi connectivity index (χ1n) is 6.72. The average Bonchev–Trinajstić information content (AvgIpc) is 2.53. The first kappa shape index (κ1) is 14.9. The molecule has 0 aromatic heterocycles. The van der Waals surface area contributed by atoms with E-state index in [1.165, 1.54) is 0 Å². The lowest BCUT2D eigenvalue weighted by atomic mass is 10.1. The van der Waals surface area contributed by atoms with E-state index >= 15 is 0 Å². The van der Waals surface area contributed by atoms with E-state index in [2.05, 4.69) is 10.5 Å². The summed E-state index contributed by atoms with van der Waals surface area (Å²) in [5.74, 6) is -0.548. The Labute approximate surface area is 124 Å². The number of nitrogens with one attached hydrogen (secondary N) is 1. The van der Waals surface area contributed by atoms with Gasteiger partial charge in [0.2, 0.25) is 0 Å². The third-order valence-electron chi connectivity index (χ3n) is 3.17. The van der Waals surface area contributed by atoms with E-state index in [9.17, 15) is 9.90 Å². The Hall–Kier alpha value is -2.46. The third kappa shape index (κ3) is 4.00. The van der Waals surface area contributed by atoms with Crippen LogP contribution in [0.2, 0.25) is 0 Å². The van der Waals surface area contributed by atoms with Crippen LogP contribution in [0.1, 0.15) is 29.7 Å². The van der Waals surface area contributed by atoms with Gasteiger partial charge in [0.1, 0.15) is 0 Å². The zero-order chi connectivity index (χ0) is 15.2. The molecule has 1 atom stereocenters. The molecule has 0 aliphatic carbocycles. The Morgan fingerprint density at radius 2 is 1.71 bits per heavy atom. The fourth-order valence-electron chi connectivity index (χ4n) is 1.85. The molecular formula is C17H18N2O2. The maximum absolute atomic E-state index is 11.9. The monoisotopic (exact) mass is 282 g/mol. The van der Waals surface area contributed by atoms with Gasteiger partial charge in [0.05, 0.1) is 5.71 Å². The van der Waals surface area contributed by atoms with Crippen molar-refractivity contribution in [2.45, 2.75) is 20.0 Å². The Morgan fingerprint density at radius 3 is 2.33 bits per heavy atom. The SMILES string of the molecule is C/C(=N\NC(=O)C(O)c1ccccc1)c1ccc(C)cc1. The highest BCUT2D eigenvalue weighted by Crippen LogP contribution is 2.12. The first-order chi connectivity index (χ1) is 10.1. The molecule has 0 spiro atoms. The molecule has 2 aromatic rings. The number of hydrogen-bond donors (Lipinski definition) is 2. The van der Waals surface area contributed by atoms with Crippen LogP contribution in [0.4, 0.5) is 0 Å². The summed E-state index contributed by atoms with van der Waals surface area (Å²) in [6, 6.07) is 16.6. The van der Waals surface area contributed by atoms with Crippen molar-refractivity contribution in [3.8, 4) is 0 Å². The largest absolute Gasteiger partial charge is 0.378 e. The number of aliphatic hydroxyl groups is 1. The summed E-state index contributed by atoms with van der Waals surface area (Å²) in [6.45, 7) is 3.81. The van der Waals surface area contributed by atoms with Crippen molar-refractivity contribution in [3.05, 3.63) is 71.3 Å². The topological polar surface area (TPSA) is 61.7 Å². The van der Waals surface area contributed by atoms with Gasteiger partial charge in [0.25, 0.3) is 5.91 Å². The van der Waals surface area contributed by atoms with Gasteiger partial charge in [-0.3, -0.25) is 4.79 Å². The molecule has 0 heterocycles. The highest BCUT2D eigenvalue weighted by Gasteiger charge is 2.16. The van der Waals surface area contributed by atoms with Crippen molar-refractivity contribution in [1.82, 2.24) is 5.43 Å². The lowest BCUT2D eigenvalue weighted by Gasteiger charge is -2.09. The second-order valence-corrected chi connectivity index (χ2v) is 4.85. The van der Waals surface area contributed by atoms with Crippen LogP contribution in [0.5, 0.6) is 0 Å². The number of carbonyl (C=O) groups is 1. The molecule has 0 fully saturated rings. The van der Waals surface area contributed by atoms with Crippen molar-refractivity contribution >= 4 is 11.6 Å². The van der Waals surface area contributed by atoms with E-state index in [1.54, 1.807) is 31.2 Å². The number of aliphatic hydroxyl groups excluding tert-OH is 1. The Morgan fingerprint density at radius 1 is 1.10 bits per heavy atom. The van der Waals surface area contributed by atoms with Crippen molar-refractivity contribution in [2.75, 3.05) is 0 Å². The van der Waals surface area contributed by atoms with Gasteiger partial charge in [0, 0.05) is 0 Å². The summed E-state index contributed by atoms with van der Waals surface area (Å²) >= 11 is 0. The number of hydrazone groups is 1. The summed E-state index contributed by atoms with van der Waals surface area (Å²) in [7, 11) is 0. The maximum Gasteiger partial charge on any atom is 0.273 e. The average molecular weight is 282 g/mol. The van der Waals surface area contributed by atoms with Crippen molar-refractivity contribution in [1.29, 1.82) is 0 Å². The second kappa shape index (κ2) is 6.81. The van der Waals surface area contributed by atoms with Crippen LogP contribution in [0, 0.1) is 6.92 Å². The molecule has 1 amide bonds. The lowest BCUT2D eigenvalue weighted by molar-refractivity contribution is -0.129. The number of aryl methyl sites for hydroxylation is 1. The minimum Gasteiger partial charge on any atom is -0.378 e. The van der Waals surface area contributed by atoms with Gasteiger partial charge in [-0.05, 0) is 25.0 Å². The van der Waals surface area contributed by atoms with Crippen LogP contribution in [0.15, 0.2) is 59.7 Å². The van der Waals surface area contributed by atoms with Gasteiger partial charge in [-0.15, -0.1) is 0 Å². The van der Waals surface area contributed by atoms with Crippen molar-refractivity contribution in [3.63, 3.8) is 0 Å². The van der Waals surface area contributed by atoms with Gasteiger partial charge in [0.15, 0.2) is 6.10 Å². The molecule has 0 aliphatic heterocycles. The Balaban J connectivity index is 2.03. The smallest absolute Gasteiger partial charge is 0.273 e. The van der Waals surface area contributed by atoms with E-state index in [0.717, 1.165) is 11.1 Å². The lowest BCUT2D eigenvalue weighted by Crippen LogP contribution is -2.26. The van der Waals surface area contributed by atoms with E-state index < -0.39 is 12.0 Å². The van der Waals surface area contributed by atoms with E-state index in [0.29, 0.717) is 11.3 Å². The standard InChI is InChI=1S/C17H18N2O2/c1-12-8-10-14(11-9-12)13(2)18-19-17(21)16(20)15-6-4-3-5-7-15/h3-11,16,20H,1-2H3,(H,19,21)/b18-13+. The molecule has 2 rings (SSSR count). The summed E-state index contributed by atoms with van der Waals surface area (Å²) in [4.78, 5) is 11.9. The summed E-state index contributed by atoms with van der Waals surface area (Å²) in [5.41, 5.74) is 5.70. The molecule has 21 heavy (non-hydrogen) atoms. The molecule has 0 saturated carbocycles. The highest BCUT2D eigenvalue weighted by atomic mass is 16.3. The molecule has 0 radical (unpaired) electrons. The van der Waals surface area contributed by atoms with Crippen molar-refractivity contribution in [2.24, 2.45) is 5.10 Å². The number of nitrogens with zero attached hydrogens (tertiary/aromatic N) is 1. The molecule has 1 unspecified atom stereocenters. The molecule has 2 aromatic carbocycles. The van der Waals surface area contributed by atoms with Gasteiger partial charge in [-0.25, -0.2) is 5.43 Å². The minimum atomic E-state index is -1.22. The predicted molar refractivity (Wildman–Crippen MR) is 82.9 cm³/mol. The van der Waals surface area contributed by atoms with Crippen LogP contribution in [-0.4, -0.2) is 16.7 Å². The Bertz CT molecular complexity index is 634. The fraction of sp³-hybridized carbons (Fsp3) is 0.176. The Kier molecular flexibility index (Phi) is 4.85. The molecule has 108 valence electrons. The highest BCUT2D eigenvalue weighted by molar-refractivity contribution is 5.99. The molecule has 4 nitrogen and oxygen atoms in total. The zero-order valence-electron chi connectivity index (χ0n) is 12.1. The van der Waals surface area contributed by atoms with E-state index in [1.807, 2.05) is 37.3 Å². The van der Waals surface area contributed by atoms with Crippen LogP contribution < -0.4 is 5.43 Å². The van der Waals surface area contributed by atoms with E-state index in [-0.39, 0.29) is 0 Å². The first-order valence-corrected chi connectivity index (χ1v) is 6.72. The summed E-state index contributed by atoms with van der Waals surface area (Å²) < 4.78 is 0. The number of carbonyl (C=O) groups excluding carboxylic acids is 1. The number of amides is 1. The zero-order valence-corrected chi connectivity index (χ0v) is 12.1. The van der Waals surface area contributed by atoms with Crippen LogP contribution in [0.25, 0.3) is 0 Å². The molecular weight excluding hydrogens is 264 g/mol.